The van der Waals surface area contributed by atoms with Gasteiger partial charge >= 0.3 is 0 Å². The van der Waals surface area contributed by atoms with E-state index in [1.165, 1.54) is 0 Å². The number of nitrogens with one attached hydrogen (secondary N) is 1. The maximum Gasteiger partial charge on any atom is 0.165 e. The molecule has 0 saturated heterocycles. The molecule has 3 rings (SSSR count). The van der Waals surface area contributed by atoms with E-state index >= 15 is 0 Å². The van der Waals surface area contributed by atoms with Crippen molar-refractivity contribution in [3.8, 4) is 11.5 Å². The second kappa shape index (κ2) is 6.37. The van der Waals surface area contributed by atoms with Crippen molar-refractivity contribution in [2.75, 3.05) is 13.2 Å². The van der Waals surface area contributed by atoms with Gasteiger partial charge in [-0.2, -0.15) is 0 Å². The van der Waals surface area contributed by atoms with Gasteiger partial charge < -0.3 is 14.8 Å². The minimum atomic E-state index is 0.166. The van der Waals surface area contributed by atoms with Gasteiger partial charge in [-0.15, -0.1) is 0 Å². The third-order valence-electron chi connectivity index (χ3n) is 3.62. The van der Waals surface area contributed by atoms with E-state index in [1.54, 1.807) is 0 Å². The average Bonchev–Trinajstić information content (AvgIpc) is 2.53. The second-order valence-electron chi connectivity index (χ2n) is 5.07. The normalized spacial score (nSPS) is 14.8. The fraction of sp³-hybridized carbons (Fsp3) is 0.294. The summed E-state index contributed by atoms with van der Waals surface area (Å²) in [5.74, 6) is 1.67. The van der Waals surface area contributed by atoms with Gasteiger partial charge in [-0.25, -0.2) is 0 Å². The van der Waals surface area contributed by atoms with E-state index in [2.05, 4.69) is 18.3 Å². The Kier molecular flexibility index (Phi) is 4.32. The molecule has 1 aliphatic rings. The summed E-state index contributed by atoms with van der Waals surface area (Å²) in [5.41, 5.74) is 2.20. The predicted molar refractivity (Wildman–Crippen MR) is 84.1 cm³/mol. The van der Waals surface area contributed by atoms with Gasteiger partial charge in [0.05, 0.1) is 0 Å². The molecular weight excluding hydrogens is 286 g/mol. The second-order valence-corrected chi connectivity index (χ2v) is 5.47. The molecule has 2 aromatic carbocycles. The van der Waals surface area contributed by atoms with E-state index in [9.17, 15) is 0 Å². The zero-order chi connectivity index (χ0) is 14.7. The molecule has 4 heteroatoms. The number of hydrogen-bond donors (Lipinski definition) is 1. The molecule has 0 fully saturated rings. The molecule has 0 spiro atoms. The number of para-hydroxylation sites is 1. The highest BCUT2D eigenvalue weighted by Gasteiger charge is 2.16. The molecule has 1 N–H and O–H groups in total. The van der Waals surface area contributed by atoms with Crippen LogP contribution >= 0.6 is 11.6 Å². The molecular formula is C17H18ClNO2. The zero-order valence-electron chi connectivity index (χ0n) is 11.9. The van der Waals surface area contributed by atoms with Crippen LogP contribution in [-0.2, 0) is 6.54 Å². The predicted octanol–water partition coefficient (Wildman–Crippen LogP) is 3.96. The number of rotatable bonds is 4. The molecule has 1 heterocycles. The standard InChI is InChI=1S/C17H18ClNO2/c1-12(14-6-2-3-7-15(14)18)19-11-13-5-4-8-16-17(13)21-10-9-20-16/h2-8,12,19H,9-11H2,1H3/t12-/m0/s1. The Morgan fingerprint density at radius 3 is 2.76 bits per heavy atom. The molecule has 3 nitrogen and oxygen atoms in total. The number of hydrogen-bond acceptors (Lipinski definition) is 3. The molecule has 1 aliphatic heterocycles. The van der Waals surface area contributed by atoms with Gasteiger partial charge in [-0.1, -0.05) is 41.9 Å². The lowest BCUT2D eigenvalue weighted by Crippen LogP contribution is -2.21. The molecule has 110 valence electrons. The van der Waals surface area contributed by atoms with E-state index in [4.69, 9.17) is 21.1 Å². The van der Waals surface area contributed by atoms with E-state index in [-0.39, 0.29) is 6.04 Å². The summed E-state index contributed by atoms with van der Waals surface area (Å²) in [5, 5.41) is 4.27. The van der Waals surface area contributed by atoms with Crippen molar-refractivity contribution in [3.05, 3.63) is 58.6 Å². The summed E-state index contributed by atoms with van der Waals surface area (Å²) >= 11 is 6.23. The lowest BCUT2D eigenvalue weighted by molar-refractivity contribution is 0.169. The van der Waals surface area contributed by atoms with Crippen LogP contribution in [0, 0.1) is 0 Å². The summed E-state index contributed by atoms with van der Waals surface area (Å²) < 4.78 is 11.3. The Morgan fingerprint density at radius 2 is 1.90 bits per heavy atom. The van der Waals surface area contributed by atoms with Gasteiger partial charge in [0.25, 0.3) is 0 Å². The molecule has 1 atom stereocenters. The van der Waals surface area contributed by atoms with Gasteiger partial charge in [-0.05, 0) is 24.6 Å². The van der Waals surface area contributed by atoms with Crippen molar-refractivity contribution in [1.29, 1.82) is 0 Å². The first-order chi connectivity index (χ1) is 10.3. The highest BCUT2D eigenvalue weighted by Crippen LogP contribution is 2.34. The Bertz CT molecular complexity index is 630. The lowest BCUT2D eigenvalue weighted by Gasteiger charge is -2.22. The summed E-state index contributed by atoms with van der Waals surface area (Å²) in [7, 11) is 0. The summed E-state index contributed by atoms with van der Waals surface area (Å²) in [6.07, 6.45) is 0. The fourth-order valence-electron chi connectivity index (χ4n) is 2.47. The Hall–Kier alpha value is -1.71. The van der Waals surface area contributed by atoms with E-state index < -0.39 is 0 Å². The van der Waals surface area contributed by atoms with Crippen molar-refractivity contribution in [3.63, 3.8) is 0 Å². The van der Waals surface area contributed by atoms with Crippen molar-refractivity contribution in [2.45, 2.75) is 19.5 Å². The van der Waals surface area contributed by atoms with Gasteiger partial charge in [-0.3, -0.25) is 0 Å². The molecule has 0 unspecified atom stereocenters. The largest absolute Gasteiger partial charge is 0.486 e. The molecule has 0 bridgehead atoms. The Morgan fingerprint density at radius 1 is 1.10 bits per heavy atom. The topological polar surface area (TPSA) is 30.5 Å². The highest BCUT2D eigenvalue weighted by molar-refractivity contribution is 6.31. The number of benzene rings is 2. The van der Waals surface area contributed by atoms with Crippen LogP contribution in [0.15, 0.2) is 42.5 Å². The van der Waals surface area contributed by atoms with Crippen molar-refractivity contribution < 1.29 is 9.47 Å². The molecule has 2 aromatic rings. The molecule has 0 aliphatic carbocycles. The van der Waals surface area contributed by atoms with Crippen LogP contribution in [0.5, 0.6) is 11.5 Å². The minimum absolute atomic E-state index is 0.166. The van der Waals surface area contributed by atoms with Crippen molar-refractivity contribution >= 4 is 11.6 Å². The van der Waals surface area contributed by atoms with Crippen LogP contribution in [0.25, 0.3) is 0 Å². The Balaban J connectivity index is 1.72. The summed E-state index contributed by atoms with van der Waals surface area (Å²) in [4.78, 5) is 0. The maximum atomic E-state index is 6.23. The number of halogens is 1. The van der Waals surface area contributed by atoms with E-state index in [0.29, 0.717) is 19.8 Å². The zero-order valence-corrected chi connectivity index (χ0v) is 12.7. The summed E-state index contributed by atoms with van der Waals surface area (Å²) in [6.45, 7) is 4.02. The van der Waals surface area contributed by atoms with E-state index in [1.807, 2.05) is 36.4 Å². The first-order valence-corrected chi connectivity index (χ1v) is 7.49. The third kappa shape index (κ3) is 3.14. The smallest absolute Gasteiger partial charge is 0.165 e. The fourth-order valence-corrected chi connectivity index (χ4v) is 2.77. The minimum Gasteiger partial charge on any atom is -0.486 e. The molecule has 0 amide bonds. The van der Waals surface area contributed by atoms with Gasteiger partial charge in [0.15, 0.2) is 11.5 Å². The lowest BCUT2D eigenvalue weighted by atomic mass is 10.1. The van der Waals surface area contributed by atoms with Crippen LogP contribution in [0.2, 0.25) is 5.02 Å². The first kappa shape index (κ1) is 14.2. The van der Waals surface area contributed by atoms with Crippen LogP contribution in [0.1, 0.15) is 24.1 Å². The van der Waals surface area contributed by atoms with Crippen LogP contribution in [0.4, 0.5) is 0 Å². The molecule has 21 heavy (non-hydrogen) atoms. The van der Waals surface area contributed by atoms with Gasteiger partial charge in [0.2, 0.25) is 0 Å². The molecule has 0 aromatic heterocycles. The molecule has 0 radical (unpaired) electrons. The van der Waals surface area contributed by atoms with Crippen LogP contribution < -0.4 is 14.8 Å². The quantitative estimate of drug-likeness (QED) is 0.927. The third-order valence-corrected chi connectivity index (χ3v) is 3.96. The number of fused-ring (bicyclic) bond motifs is 1. The van der Waals surface area contributed by atoms with Crippen molar-refractivity contribution in [2.24, 2.45) is 0 Å². The molecule has 0 saturated carbocycles. The van der Waals surface area contributed by atoms with Crippen molar-refractivity contribution in [1.82, 2.24) is 5.32 Å². The summed E-state index contributed by atoms with van der Waals surface area (Å²) in [6, 6.07) is 14.0. The first-order valence-electron chi connectivity index (χ1n) is 7.11. The van der Waals surface area contributed by atoms with Crippen LogP contribution in [-0.4, -0.2) is 13.2 Å². The SMILES string of the molecule is C[C@H](NCc1cccc2c1OCCO2)c1ccccc1Cl. The highest BCUT2D eigenvalue weighted by atomic mass is 35.5. The van der Waals surface area contributed by atoms with Gasteiger partial charge in [0, 0.05) is 23.2 Å². The number of ether oxygens (including phenoxy) is 2. The monoisotopic (exact) mass is 303 g/mol. The maximum absolute atomic E-state index is 6.23. The van der Waals surface area contributed by atoms with Gasteiger partial charge in [0.1, 0.15) is 13.2 Å². The average molecular weight is 304 g/mol. The van der Waals surface area contributed by atoms with E-state index in [0.717, 1.165) is 27.6 Å². The van der Waals surface area contributed by atoms with Crippen LogP contribution in [0.3, 0.4) is 0 Å². The Labute approximate surface area is 129 Å².